The topological polar surface area (TPSA) is 32.3 Å². The lowest BCUT2D eigenvalue weighted by Gasteiger charge is -2.16. The van der Waals surface area contributed by atoms with Gasteiger partial charge in [-0.1, -0.05) is 22.9 Å². The first-order valence-electron chi connectivity index (χ1n) is 5.99. The van der Waals surface area contributed by atoms with E-state index in [1.165, 1.54) is 4.90 Å². The van der Waals surface area contributed by atoms with Gasteiger partial charge in [-0.25, -0.2) is 0 Å². The number of hydrogen-bond acceptors (Lipinski definition) is 3. The summed E-state index contributed by atoms with van der Waals surface area (Å²) in [4.78, 5) is 1.27. The van der Waals surface area contributed by atoms with Crippen molar-refractivity contribution in [1.29, 1.82) is 0 Å². The summed E-state index contributed by atoms with van der Waals surface area (Å²) in [6.07, 6.45) is 1.95. The van der Waals surface area contributed by atoms with Crippen LogP contribution >= 0.6 is 27.7 Å². The molecule has 0 saturated heterocycles. The smallest absolute Gasteiger partial charge is 0.0446 e. The van der Waals surface area contributed by atoms with E-state index in [1.807, 2.05) is 11.8 Å². The summed E-state index contributed by atoms with van der Waals surface area (Å²) < 4.78 is 1.11. The standard InChI is InChI=1S/C13H20BrNOS/c1-2-8-15-12(7-9-16)10-17-13-5-3-11(14)4-6-13/h3-6,12,15-16H,2,7-10H2,1H3. The van der Waals surface area contributed by atoms with Crippen molar-refractivity contribution in [3.63, 3.8) is 0 Å². The van der Waals surface area contributed by atoms with Gasteiger partial charge in [0.15, 0.2) is 0 Å². The number of thioether (sulfide) groups is 1. The van der Waals surface area contributed by atoms with Gasteiger partial charge in [-0.2, -0.15) is 0 Å². The number of halogens is 1. The summed E-state index contributed by atoms with van der Waals surface area (Å²) in [7, 11) is 0. The Labute approximate surface area is 116 Å². The molecular formula is C13H20BrNOS. The van der Waals surface area contributed by atoms with Crippen molar-refractivity contribution in [2.45, 2.75) is 30.7 Å². The predicted octanol–water partition coefficient (Wildman–Crippen LogP) is 3.29. The van der Waals surface area contributed by atoms with Gasteiger partial charge in [0, 0.05) is 27.8 Å². The molecule has 96 valence electrons. The minimum absolute atomic E-state index is 0.252. The van der Waals surface area contributed by atoms with Crippen molar-refractivity contribution in [1.82, 2.24) is 5.32 Å². The minimum atomic E-state index is 0.252. The molecule has 0 radical (unpaired) electrons. The molecule has 1 aromatic carbocycles. The molecule has 1 atom stereocenters. The van der Waals surface area contributed by atoms with E-state index in [-0.39, 0.29) is 6.61 Å². The molecule has 2 nitrogen and oxygen atoms in total. The Kier molecular flexibility index (Phi) is 7.93. The predicted molar refractivity (Wildman–Crippen MR) is 78.7 cm³/mol. The highest BCUT2D eigenvalue weighted by molar-refractivity contribution is 9.10. The molecule has 0 saturated carbocycles. The highest BCUT2D eigenvalue weighted by Crippen LogP contribution is 2.21. The molecule has 2 N–H and O–H groups in total. The van der Waals surface area contributed by atoms with E-state index >= 15 is 0 Å². The van der Waals surface area contributed by atoms with Gasteiger partial charge in [-0.15, -0.1) is 11.8 Å². The lowest BCUT2D eigenvalue weighted by Crippen LogP contribution is -2.32. The van der Waals surface area contributed by atoms with Crippen LogP contribution in [0, 0.1) is 0 Å². The maximum atomic E-state index is 9.01. The van der Waals surface area contributed by atoms with Crippen LogP contribution in [-0.4, -0.2) is 30.1 Å². The second-order valence-electron chi connectivity index (χ2n) is 3.93. The molecule has 17 heavy (non-hydrogen) atoms. The Morgan fingerprint density at radius 3 is 2.65 bits per heavy atom. The lowest BCUT2D eigenvalue weighted by molar-refractivity contribution is 0.270. The second-order valence-corrected chi connectivity index (χ2v) is 5.94. The molecule has 0 aliphatic carbocycles. The summed E-state index contributed by atoms with van der Waals surface area (Å²) in [6.45, 7) is 3.43. The number of aliphatic hydroxyl groups excluding tert-OH is 1. The van der Waals surface area contributed by atoms with Gasteiger partial charge < -0.3 is 10.4 Å². The van der Waals surface area contributed by atoms with E-state index in [2.05, 4.69) is 52.4 Å². The van der Waals surface area contributed by atoms with Crippen molar-refractivity contribution in [2.24, 2.45) is 0 Å². The number of aliphatic hydroxyl groups is 1. The number of benzene rings is 1. The summed E-state index contributed by atoms with van der Waals surface area (Å²) >= 11 is 5.26. The highest BCUT2D eigenvalue weighted by Gasteiger charge is 2.07. The van der Waals surface area contributed by atoms with E-state index < -0.39 is 0 Å². The van der Waals surface area contributed by atoms with Crippen LogP contribution in [0.2, 0.25) is 0 Å². The number of nitrogens with one attached hydrogen (secondary N) is 1. The Morgan fingerprint density at radius 1 is 1.35 bits per heavy atom. The van der Waals surface area contributed by atoms with Crippen molar-refractivity contribution in [3.8, 4) is 0 Å². The van der Waals surface area contributed by atoms with Crippen molar-refractivity contribution in [3.05, 3.63) is 28.7 Å². The lowest BCUT2D eigenvalue weighted by atomic mass is 10.2. The molecule has 0 aliphatic heterocycles. The summed E-state index contributed by atoms with van der Waals surface area (Å²) in [5, 5.41) is 12.5. The molecule has 1 unspecified atom stereocenters. The average Bonchev–Trinajstić information content (AvgIpc) is 2.35. The van der Waals surface area contributed by atoms with Crippen LogP contribution in [0.5, 0.6) is 0 Å². The molecule has 0 heterocycles. The van der Waals surface area contributed by atoms with Crippen LogP contribution in [-0.2, 0) is 0 Å². The summed E-state index contributed by atoms with van der Waals surface area (Å²) in [5.41, 5.74) is 0. The SMILES string of the molecule is CCCNC(CCO)CSc1ccc(Br)cc1. The normalized spacial score (nSPS) is 12.6. The highest BCUT2D eigenvalue weighted by atomic mass is 79.9. The molecule has 0 aromatic heterocycles. The monoisotopic (exact) mass is 317 g/mol. The fourth-order valence-corrected chi connectivity index (χ4v) is 2.75. The Morgan fingerprint density at radius 2 is 2.06 bits per heavy atom. The van der Waals surface area contributed by atoms with Crippen LogP contribution in [0.4, 0.5) is 0 Å². The fourth-order valence-electron chi connectivity index (χ4n) is 1.48. The summed E-state index contributed by atoms with van der Waals surface area (Å²) in [5.74, 6) is 1.00. The van der Waals surface area contributed by atoms with Crippen LogP contribution in [0.1, 0.15) is 19.8 Å². The van der Waals surface area contributed by atoms with Crippen molar-refractivity contribution >= 4 is 27.7 Å². The third-order valence-corrected chi connectivity index (χ3v) is 4.13. The van der Waals surface area contributed by atoms with Gasteiger partial charge in [0.25, 0.3) is 0 Å². The van der Waals surface area contributed by atoms with Crippen molar-refractivity contribution < 1.29 is 5.11 Å². The molecule has 4 heteroatoms. The van der Waals surface area contributed by atoms with Crippen LogP contribution in [0.3, 0.4) is 0 Å². The Bertz CT molecular complexity index is 305. The van der Waals surface area contributed by atoms with E-state index in [0.717, 1.165) is 29.6 Å². The average molecular weight is 318 g/mol. The second kappa shape index (κ2) is 8.97. The van der Waals surface area contributed by atoms with E-state index in [1.54, 1.807) is 0 Å². The third-order valence-electron chi connectivity index (χ3n) is 2.43. The summed E-state index contributed by atoms with van der Waals surface area (Å²) in [6, 6.07) is 8.74. The van der Waals surface area contributed by atoms with Gasteiger partial charge >= 0.3 is 0 Å². The van der Waals surface area contributed by atoms with Gasteiger partial charge in [0.05, 0.1) is 0 Å². The Balaban J connectivity index is 2.37. The fraction of sp³-hybridized carbons (Fsp3) is 0.538. The van der Waals surface area contributed by atoms with Gasteiger partial charge in [-0.3, -0.25) is 0 Å². The van der Waals surface area contributed by atoms with Crippen LogP contribution in [0.15, 0.2) is 33.6 Å². The quantitative estimate of drug-likeness (QED) is 0.722. The first-order chi connectivity index (χ1) is 8.26. The van der Waals surface area contributed by atoms with Crippen molar-refractivity contribution in [2.75, 3.05) is 18.9 Å². The maximum absolute atomic E-state index is 9.01. The van der Waals surface area contributed by atoms with Crippen LogP contribution in [0.25, 0.3) is 0 Å². The van der Waals surface area contributed by atoms with Gasteiger partial charge in [0.2, 0.25) is 0 Å². The largest absolute Gasteiger partial charge is 0.396 e. The molecule has 0 spiro atoms. The third kappa shape index (κ3) is 6.46. The van der Waals surface area contributed by atoms with Crippen LogP contribution < -0.4 is 5.32 Å². The minimum Gasteiger partial charge on any atom is -0.396 e. The Hall–Kier alpha value is -0.0300. The number of hydrogen-bond donors (Lipinski definition) is 2. The van der Waals surface area contributed by atoms with E-state index in [9.17, 15) is 0 Å². The molecule has 0 amide bonds. The van der Waals surface area contributed by atoms with Gasteiger partial charge in [0.1, 0.15) is 0 Å². The zero-order valence-corrected chi connectivity index (χ0v) is 12.6. The molecule has 1 rings (SSSR count). The molecule has 0 aliphatic rings. The first kappa shape index (κ1) is 15.0. The van der Waals surface area contributed by atoms with E-state index in [4.69, 9.17) is 5.11 Å². The zero-order chi connectivity index (χ0) is 12.5. The first-order valence-corrected chi connectivity index (χ1v) is 7.76. The molecule has 0 fully saturated rings. The van der Waals surface area contributed by atoms with Gasteiger partial charge in [-0.05, 0) is 43.7 Å². The molecule has 0 bridgehead atoms. The zero-order valence-electron chi connectivity index (χ0n) is 10.2. The number of rotatable bonds is 8. The molecular weight excluding hydrogens is 298 g/mol. The molecule has 1 aromatic rings. The van der Waals surface area contributed by atoms with E-state index in [0.29, 0.717) is 6.04 Å². The maximum Gasteiger partial charge on any atom is 0.0446 e.